The van der Waals surface area contributed by atoms with Crippen LogP contribution in [0.2, 0.25) is 0 Å². The van der Waals surface area contributed by atoms with Crippen molar-refractivity contribution in [3.63, 3.8) is 0 Å². The monoisotopic (exact) mass is 366 g/mol. The van der Waals surface area contributed by atoms with Crippen LogP contribution in [-0.4, -0.2) is 23.5 Å². The average molecular weight is 366 g/mol. The second-order valence-electron chi connectivity index (χ2n) is 5.85. The zero-order chi connectivity index (χ0) is 19.4. The molecular formula is C20H18N2O5. The number of ether oxygens (including phenoxy) is 2. The molecule has 0 amide bonds. The third kappa shape index (κ3) is 3.87. The Morgan fingerprint density at radius 1 is 1.04 bits per heavy atom. The molecule has 27 heavy (non-hydrogen) atoms. The fourth-order valence-electron chi connectivity index (χ4n) is 2.57. The highest BCUT2D eigenvalue weighted by molar-refractivity contribution is 5.90. The van der Waals surface area contributed by atoms with E-state index in [-0.39, 0.29) is 30.1 Å². The van der Waals surface area contributed by atoms with Crippen LogP contribution in [0.25, 0.3) is 11.0 Å². The SMILES string of the molecule is CCOC(=O)c1c(COC(=O)c2ccc(C)cc2)nc2ccccc2[n+]1[O-]. The van der Waals surface area contributed by atoms with Crippen LogP contribution < -0.4 is 4.73 Å². The van der Waals surface area contributed by atoms with Crippen molar-refractivity contribution in [1.29, 1.82) is 0 Å². The molecule has 1 heterocycles. The summed E-state index contributed by atoms with van der Waals surface area (Å²) in [6.45, 7) is 3.33. The van der Waals surface area contributed by atoms with Gasteiger partial charge in [-0.2, -0.15) is 4.73 Å². The molecule has 0 atom stereocenters. The van der Waals surface area contributed by atoms with Crippen LogP contribution >= 0.6 is 0 Å². The molecule has 0 aliphatic carbocycles. The van der Waals surface area contributed by atoms with E-state index in [0.717, 1.165) is 5.56 Å². The van der Waals surface area contributed by atoms with E-state index in [9.17, 15) is 14.8 Å². The van der Waals surface area contributed by atoms with Crippen LogP contribution in [0.4, 0.5) is 0 Å². The van der Waals surface area contributed by atoms with Gasteiger partial charge >= 0.3 is 17.6 Å². The highest BCUT2D eigenvalue weighted by Crippen LogP contribution is 2.14. The summed E-state index contributed by atoms with van der Waals surface area (Å²) in [5, 5.41) is 12.7. The Balaban J connectivity index is 1.94. The number of carbonyl (C=O) groups is 2. The summed E-state index contributed by atoms with van der Waals surface area (Å²) in [4.78, 5) is 28.8. The predicted molar refractivity (Wildman–Crippen MR) is 97.0 cm³/mol. The number of nitrogens with zero attached hydrogens (tertiary/aromatic N) is 2. The van der Waals surface area contributed by atoms with E-state index in [1.165, 1.54) is 0 Å². The van der Waals surface area contributed by atoms with E-state index < -0.39 is 11.9 Å². The summed E-state index contributed by atoms with van der Waals surface area (Å²) in [5.41, 5.74) is 1.76. The van der Waals surface area contributed by atoms with Crippen molar-refractivity contribution in [3.8, 4) is 0 Å². The molecule has 1 aromatic heterocycles. The molecule has 0 saturated carbocycles. The lowest BCUT2D eigenvalue weighted by Gasteiger charge is -2.11. The molecule has 2 aromatic carbocycles. The van der Waals surface area contributed by atoms with Gasteiger partial charge < -0.3 is 14.7 Å². The van der Waals surface area contributed by atoms with Crippen LogP contribution in [0.3, 0.4) is 0 Å². The lowest BCUT2D eigenvalue weighted by molar-refractivity contribution is -0.581. The maximum atomic E-state index is 12.7. The molecule has 0 aliphatic rings. The van der Waals surface area contributed by atoms with Gasteiger partial charge in [-0.1, -0.05) is 29.8 Å². The van der Waals surface area contributed by atoms with Crippen LogP contribution in [0, 0.1) is 12.1 Å². The maximum absolute atomic E-state index is 12.7. The van der Waals surface area contributed by atoms with E-state index in [1.54, 1.807) is 55.5 Å². The number of carbonyl (C=O) groups excluding carboxylic acids is 2. The van der Waals surface area contributed by atoms with Crippen molar-refractivity contribution in [3.05, 3.63) is 76.3 Å². The summed E-state index contributed by atoms with van der Waals surface area (Å²) in [6.07, 6.45) is 0. The van der Waals surface area contributed by atoms with Gasteiger partial charge in [0.1, 0.15) is 12.1 Å². The first-order valence-corrected chi connectivity index (χ1v) is 8.43. The number of aryl methyl sites for hydroxylation is 1. The Morgan fingerprint density at radius 3 is 2.44 bits per heavy atom. The average Bonchev–Trinajstić information content (AvgIpc) is 2.67. The Bertz CT molecular complexity index is 999. The van der Waals surface area contributed by atoms with Crippen molar-refractivity contribution in [2.24, 2.45) is 0 Å². The highest BCUT2D eigenvalue weighted by Gasteiger charge is 2.28. The Hall–Kier alpha value is -3.48. The molecule has 3 rings (SSSR count). The first kappa shape index (κ1) is 18.3. The first-order chi connectivity index (χ1) is 13.0. The van der Waals surface area contributed by atoms with Crippen molar-refractivity contribution in [1.82, 2.24) is 4.98 Å². The second-order valence-corrected chi connectivity index (χ2v) is 5.85. The molecule has 7 nitrogen and oxygen atoms in total. The first-order valence-electron chi connectivity index (χ1n) is 8.43. The quantitative estimate of drug-likeness (QED) is 0.392. The number of benzene rings is 2. The second kappa shape index (κ2) is 7.82. The minimum Gasteiger partial charge on any atom is -0.618 e. The molecule has 0 aliphatic heterocycles. The summed E-state index contributed by atoms with van der Waals surface area (Å²) < 4.78 is 10.7. The number of aromatic nitrogens is 2. The molecule has 0 fully saturated rings. The number of rotatable bonds is 5. The zero-order valence-electron chi connectivity index (χ0n) is 15.0. The number of para-hydroxylation sites is 2. The third-order valence-electron chi connectivity index (χ3n) is 3.93. The van der Waals surface area contributed by atoms with Crippen LogP contribution in [0.1, 0.15) is 39.0 Å². The minimum absolute atomic E-state index is 0.0441. The number of hydrogen-bond acceptors (Lipinski definition) is 6. The van der Waals surface area contributed by atoms with Gasteiger partial charge in [0, 0.05) is 6.07 Å². The predicted octanol–water partition coefficient (Wildman–Crippen LogP) is 2.71. The number of esters is 2. The molecular weight excluding hydrogens is 348 g/mol. The summed E-state index contributed by atoms with van der Waals surface area (Å²) in [5.74, 6) is -1.38. The zero-order valence-corrected chi connectivity index (χ0v) is 15.0. The van der Waals surface area contributed by atoms with Crippen LogP contribution in [-0.2, 0) is 16.1 Å². The molecule has 0 saturated heterocycles. The van der Waals surface area contributed by atoms with Gasteiger partial charge in [-0.3, -0.25) is 0 Å². The van der Waals surface area contributed by atoms with Gasteiger partial charge in [-0.05, 0) is 32.0 Å². The lowest BCUT2D eigenvalue weighted by Crippen LogP contribution is -2.39. The molecule has 3 aromatic rings. The molecule has 7 heteroatoms. The smallest absolute Gasteiger partial charge is 0.407 e. The Kier molecular flexibility index (Phi) is 5.30. The maximum Gasteiger partial charge on any atom is 0.407 e. The van der Waals surface area contributed by atoms with Gasteiger partial charge in [0.25, 0.3) is 0 Å². The normalized spacial score (nSPS) is 10.6. The standard InChI is InChI=1S/C20H18N2O5/c1-3-26-20(24)18-16(21-15-6-4-5-7-17(15)22(18)25)12-27-19(23)14-10-8-13(2)9-11-14/h4-11H,3,12H2,1-2H3. The van der Waals surface area contributed by atoms with Gasteiger partial charge in [-0.15, -0.1) is 0 Å². The molecule has 0 unspecified atom stereocenters. The highest BCUT2D eigenvalue weighted by atomic mass is 16.5. The Labute approximate surface area is 155 Å². The minimum atomic E-state index is -0.813. The van der Waals surface area contributed by atoms with Crippen LogP contribution in [0.5, 0.6) is 0 Å². The van der Waals surface area contributed by atoms with Crippen molar-refractivity contribution in [2.45, 2.75) is 20.5 Å². The van der Waals surface area contributed by atoms with E-state index in [0.29, 0.717) is 15.8 Å². The molecule has 0 spiro atoms. The molecule has 138 valence electrons. The number of fused-ring (bicyclic) bond motifs is 1. The van der Waals surface area contributed by atoms with E-state index >= 15 is 0 Å². The summed E-state index contributed by atoms with van der Waals surface area (Å²) >= 11 is 0. The molecule has 0 radical (unpaired) electrons. The summed E-state index contributed by atoms with van der Waals surface area (Å²) in [6, 6.07) is 13.5. The molecule has 0 N–H and O–H groups in total. The fourth-order valence-corrected chi connectivity index (χ4v) is 2.57. The fraction of sp³-hybridized carbons (Fsp3) is 0.200. The van der Waals surface area contributed by atoms with Gasteiger partial charge in [0.15, 0.2) is 5.69 Å². The Morgan fingerprint density at radius 2 is 1.74 bits per heavy atom. The van der Waals surface area contributed by atoms with E-state index in [2.05, 4.69) is 4.98 Å². The van der Waals surface area contributed by atoms with Gasteiger partial charge in [-0.25, -0.2) is 14.6 Å². The van der Waals surface area contributed by atoms with Crippen LogP contribution in [0.15, 0.2) is 48.5 Å². The van der Waals surface area contributed by atoms with Crippen molar-refractivity contribution < 1.29 is 23.8 Å². The van der Waals surface area contributed by atoms with Crippen molar-refractivity contribution >= 4 is 23.0 Å². The molecule has 0 bridgehead atoms. The van der Waals surface area contributed by atoms with Gasteiger partial charge in [0.2, 0.25) is 5.52 Å². The van der Waals surface area contributed by atoms with Crippen molar-refractivity contribution in [2.75, 3.05) is 6.61 Å². The summed E-state index contributed by atoms with van der Waals surface area (Å²) in [7, 11) is 0. The van der Waals surface area contributed by atoms with Gasteiger partial charge in [0.05, 0.1) is 12.2 Å². The topological polar surface area (TPSA) is 92.4 Å². The van der Waals surface area contributed by atoms with E-state index in [1.807, 2.05) is 6.92 Å². The van der Waals surface area contributed by atoms with E-state index in [4.69, 9.17) is 9.47 Å². The largest absolute Gasteiger partial charge is 0.618 e. The third-order valence-corrected chi connectivity index (χ3v) is 3.93. The number of hydrogen-bond donors (Lipinski definition) is 0. The lowest BCUT2D eigenvalue weighted by atomic mass is 10.1.